The normalized spacial score (nSPS) is 14.2. The SMILES string of the molecule is COc1ccc(NC(=O)CN2C(=O)S/C(=C/c3c(OCc4ccccc4)ccc4ccccc34)C2=O)cc1Cl. The standard InChI is InChI=1S/C30H23ClN2O5S/c1-37-26-14-12-21(15-24(26)31)32-28(34)17-33-29(35)27(39-30(33)36)16-23-22-10-6-5-9-20(22)11-13-25(23)38-18-19-7-3-2-4-8-19/h2-16H,17-18H2,1H3,(H,32,34)/b27-16+. The number of benzene rings is 4. The number of nitrogens with one attached hydrogen (secondary N) is 1. The summed E-state index contributed by atoms with van der Waals surface area (Å²) in [6.45, 7) is -0.0877. The maximum atomic E-state index is 13.2. The summed E-state index contributed by atoms with van der Waals surface area (Å²) >= 11 is 6.91. The van der Waals surface area contributed by atoms with E-state index < -0.39 is 23.6 Å². The number of methoxy groups -OCH3 is 1. The van der Waals surface area contributed by atoms with E-state index in [0.29, 0.717) is 34.4 Å². The molecule has 0 atom stereocenters. The first kappa shape index (κ1) is 26.3. The molecule has 5 rings (SSSR count). The molecular weight excluding hydrogens is 536 g/mol. The number of nitrogens with zero attached hydrogens (tertiary/aromatic N) is 1. The summed E-state index contributed by atoms with van der Waals surface area (Å²) in [7, 11) is 1.49. The summed E-state index contributed by atoms with van der Waals surface area (Å²) in [4.78, 5) is 39.8. The molecule has 9 heteroatoms. The van der Waals surface area contributed by atoms with Crippen molar-refractivity contribution >= 4 is 63.0 Å². The van der Waals surface area contributed by atoms with Gasteiger partial charge in [-0.15, -0.1) is 0 Å². The lowest BCUT2D eigenvalue weighted by Crippen LogP contribution is -2.36. The number of fused-ring (bicyclic) bond motifs is 1. The van der Waals surface area contributed by atoms with E-state index in [9.17, 15) is 14.4 Å². The molecule has 39 heavy (non-hydrogen) atoms. The zero-order valence-electron chi connectivity index (χ0n) is 20.8. The first-order valence-electron chi connectivity index (χ1n) is 12.0. The van der Waals surface area contributed by atoms with Gasteiger partial charge in [-0.2, -0.15) is 0 Å². The summed E-state index contributed by atoms with van der Waals surface area (Å²) in [5.41, 5.74) is 2.11. The number of amides is 3. The Labute approximate surface area is 234 Å². The van der Waals surface area contributed by atoms with Gasteiger partial charge in [-0.3, -0.25) is 19.3 Å². The Morgan fingerprint density at radius 2 is 1.72 bits per heavy atom. The average molecular weight is 559 g/mol. The number of hydrogen-bond donors (Lipinski definition) is 1. The van der Waals surface area contributed by atoms with Crippen molar-refractivity contribution in [3.63, 3.8) is 0 Å². The Kier molecular flexibility index (Phi) is 7.86. The first-order chi connectivity index (χ1) is 18.9. The van der Waals surface area contributed by atoms with Crippen LogP contribution in [0.1, 0.15) is 11.1 Å². The number of halogens is 1. The minimum Gasteiger partial charge on any atom is -0.495 e. The predicted octanol–water partition coefficient (Wildman–Crippen LogP) is 6.76. The van der Waals surface area contributed by atoms with Crippen molar-refractivity contribution in [1.29, 1.82) is 0 Å². The highest BCUT2D eigenvalue weighted by molar-refractivity contribution is 8.18. The van der Waals surface area contributed by atoms with Gasteiger partial charge in [0, 0.05) is 11.3 Å². The third-order valence-corrected chi connectivity index (χ3v) is 7.26. The van der Waals surface area contributed by atoms with Crippen molar-refractivity contribution in [2.24, 2.45) is 0 Å². The van der Waals surface area contributed by atoms with Crippen LogP contribution in [0.3, 0.4) is 0 Å². The fourth-order valence-corrected chi connectivity index (χ4v) is 5.22. The number of ether oxygens (including phenoxy) is 2. The van der Waals surface area contributed by atoms with E-state index in [1.54, 1.807) is 18.2 Å². The second kappa shape index (κ2) is 11.6. The summed E-state index contributed by atoms with van der Waals surface area (Å²) in [5.74, 6) is -0.0311. The van der Waals surface area contributed by atoms with Crippen molar-refractivity contribution in [2.75, 3.05) is 19.0 Å². The molecule has 7 nitrogen and oxygen atoms in total. The Morgan fingerprint density at radius 3 is 2.49 bits per heavy atom. The van der Waals surface area contributed by atoms with Gasteiger partial charge < -0.3 is 14.8 Å². The van der Waals surface area contributed by atoms with Gasteiger partial charge in [-0.25, -0.2) is 0 Å². The molecule has 1 aliphatic rings. The van der Waals surface area contributed by atoms with Crippen molar-refractivity contribution in [3.8, 4) is 11.5 Å². The Morgan fingerprint density at radius 1 is 0.974 bits per heavy atom. The molecule has 0 unspecified atom stereocenters. The molecule has 196 valence electrons. The lowest BCUT2D eigenvalue weighted by atomic mass is 10.0. The molecule has 4 aromatic rings. The summed E-state index contributed by atoms with van der Waals surface area (Å²) in [5, 5.41) is 4.30. The fraction of sp³-hybridized carbons (Fsp3) is 0.100. The first-order valence-corrected chi connectivity index (χ1v) is 13.2. The fourth-order valence-electron chi connectivity index (χ4n) is 4.14. The van der Waals surface area contributed by atoms with Crippen LogP contribution in [0, 0.1) is 0 Å². The van der Waals surface area contributed by atoms with Gasteiger partial charge in [-0.05, 0) is 58.4 Å². The number of thioether (sulfide) groups is 1. The van der Waals surface area contributed by atoms with Crippen LogP contribution in [-0.2, 0) is 16.2 Å². The smallest absolute Gasteiger partial charge is 0.294 e. The molecule has 1 aliphatic heterocycles. The van der Waals surface area contributed by atoms with Gasteiger partial charge >= 0.3 is 0 Å². The molecule has 0 radical (unpaired) electrons. The molecular formula is C30H23ClN2O5S. The van der Waals surface area contributed by atoms with E-state index in [1.807, 2.05) is 66.7 Å². The second-order valence-corrected chi connectivity index (χ2v) is 10.0. The van der Waals surface area contributed by atoms with E-state index in [2.05, 4.69) is 5.32 Å². The number of anilines is 1. The third-order valence-electron chi connectivity index (χ3n) is 6.05. The minimum absolute atomic E-state index is 0.209. The lowest BCUT2D eigenvalue weighted by molar-refractivity contribution is -0.127. The number of carbonyl (C=O) groups excluding carboxylic acids is 3. The van der Waals surface area contributed by atoms with Crippen LogP contribution < -0.4 is 14.8 Å². The van der Waals surface area contributed by atoms with Crippen LogP contribution in [0.5, 0.6) is 11.5 Å². The van der Waals surface area contributed by atoms with Crippen LogP contribution in [0.4, 0.5) is 10.5 Å². The van der Waals surface area contributed by atoms with E-state index in [0.717, 1.165) is 33.0 Å². The average Bonchev–Trinajstić information content (AvgIpc) is 3.20. The summed E-state index contributed by atoms with van der Waals surface area (Å²) < 4.78 is 11.3. The van der Waals surface area contributed by atoms with Crippen molar-refractivity contribution in [1.82, 2.24) is 4.90 Å². The van der Waals surface area contributed by atoms with Crippen LogP contribution >= 0.6 is 23.4 Å². The topological polar surface area (TPSA) is 84.9 Å². The minimum atomic E-state index is -0.546. The molecule has 0 aromatic heterocycles. The molecule has 1 heterocycles. The van der Waals surface area contributed by atoms with Gasteiger partial charge in [0.1, 0.15) is 24.7 Å². The maximum Gasteiger partial charge on any atom is 0.294 e. The number of rotatable bonds is 8. The van der Waals surface area contributed by atoms with Crippen LogP contribution in [-0.4, -0.2) is 35.6 Å². The number of carbonyl (C=O) groups is 3. The van der Waals surface area contributed by atoms with E-state index in [1.165, 1.54) is 13.2 Å². The number of hydrogen-bond acceptors (Lipinski definition) is 6. The Bertz CT molecular complexity index is 1610. The van der Waals surface area contributed by atoms with Crippen molar-refractivity contribution < 1.29 is 23.9 Å². The highest BCUT2D eigenvalue weighted by Crippen LogP contribution is 2.37. The van der Waals surface area contributed by atoms with Gasteiger partial charge in [-0.1, -0.05) is 72.3 Å². The van der Waals surface area contributed by atoms with E-state index in [4.69, 9.17) is 21.1 Å². The predicted molar refractivity (Wildman–Crippen MR) is 154 cm³/mol. The van der Waals surface area contributed by atoms with Crippen molar-refractivity contribution in [2.45, 2.75) is 6.61 Å². The van der Waals surface area contributed by atoms with Crippen LogP contribution in [0.15, 0.2) is 89.8 Å². The van der Waals surface area contributed by atoms with E-state index in [-0.39, 0.29) is 4.91 Å². The van der Waals surface area contributed by atoms with Crippen molar-refractivity contribution in [3.05, 3.63) is 106 Å². The molecule has 1 fully saturated rings. The van der Waals surface area contributed by atoms with Gasteiger partial charge in [0.25, 0.3) is 11.1 Å². The molecule has 0 spiro atoms. The molecule has 0 aliphatic carbocycles. The summed E-state index contributed by atoms with van der Waals surface area (Å²) in [6, 6.07) is 26.1. The number of imide groups is 1. The van der Waals surface area contributed by atoms with Gasteiger partial charge in [0.05, 0.1) is 17.0 Å². The van der Waals surface area contributed by atoms with Gasteiger partial charge in [0.2, 0.25) is 5.91 Å². The quantitative estimate of drug-likeness (QED) is 0.241. The van der Waals surface area contributed by atoms with Crippen LogP contribution in [0.25, 0.3) is 16.8 Å². The highest BCUT2D eigenvalue weighted by atomic mass is 35.5. The van der Waals surface area contributed by atoms with Crippen LogP contribution in [0.2, 0.25) is 5.02 Å². The molecule has 4 aromatic carbocycles. The molecule has 1 saturated heterocycles. The lowest BCUT2D eigenvalue weighted by Gasteiger charge is -2.14. The maximum absolute atomic E-state index is 13.2. The molecule has 3 amide bonds. The molecule has 1 N–H and O–H groups in total. The zero-order chi connectivity index (χ0) is 27.4. The summed E-state index contributed by atoms with van der Waals surface area (Å²) in [6.07, 6.45) is 1.66. The monoisotopic (exact) mass is 558 g/mol. The Balaban J connectivity index is 1.37. The molecule has 0 saturated carbocycles. The van der Waals surface area contributed by atoms with Gasteiger partial charge in [0.15, 0.2) is 0 Å². The largest absolute Gasteiger partial charge is 0.495 e. The second-order valence-electron chi connectivity index (χ2n) is 8.64. The third kappa shape index (κ3) is 5.92. The Hall–Kier alpha value is -4.27. The zero-order valence-corrected chi connectivity index (χ0v) is 22.4. The molecule has 0 bridgehead atoms. The highest BCUT2D eigenvalue weighted by Gasteiger charge is 2.36. The van der Waals surface area contributed by atoms with E-state index >= 15 is 0 Å².